The second kappa shape index (κ2) is 4.05. The molecule has 0 saturated heterocycles. The first-order chi connectivity index (χ1) is 8.60. The first-order valence-electron chi connectivity index (χ1n) is 6.62. The Morgan fingerprint density at radius 1 is 1.44 bits per heavy atom. The van der Waals surface area contributed by atoms with Crippen LogP contribution < -0.4 is 11.1 Å². The lowest BCUT2D eigenvalue weighted by Gasteiger charge is -2.37. The molecule has 0 radical (unpaired) electrons. The molecule has 18 heavy (non-hydrogen) atoms. The number of carbonyl (C=O) groups excluding carboxylic acids is 1. The Kier molecular flexibility index (Phi) is 2.62. The zero-order chi connectivity index (χ0) is 12.8. The van der Waals surface area contributed by atoms with Crippen molar-refractivity contribution in [2.45, 2.75) is 57.2 Å². The van der Waals surface area contributed by atoms with Crippen LogP contribution in [-0.4, -0.2) is 26.2 Å². The van der Waals surface area contributed by atoms with E-state index in [9.17, 15) is 4.79 Å². The number of hydrogen-bond donors (Lipinski definition) is 2. The second-order valence-electron chi connectivity index (χ2n) is 5.43. The summed E-state index contributed by atoms with van der Waals surface area (Å²) in [6.45, 7) is 2.89. The van der Waals surface area contributed by atoms with Crippen molar-refractivity contribution in [2.24, 2.45) is 5.73 Å². The first kappa shape index (κ1) is 11.6. The summed E-state index contributed by atoms with van der Waals surface area (Å²) in [6, 6.07) is -0.127. The zero-order valence-corrected chi connectivity index (χ0v) is 10.6. The highest BCUT2D eigenvalue weighted by Gasteiger charge is 2.41. The fraction of sp³-hybridized carbons (Fsp3) is 0.750. The largest absolute Gasteiger partial charge is 0.345 e. The van der Waals surface area contributed by atoms with E-state index in [1.807, 2.05) is 6.92 Å². The summed E-state index contributed by atoms with van der Waals surface area (Å²) in [7, 11) is 0. The van der Waals surface area contributed by atoms with Crippen molar-refractivity contribution in [3.8, 4) is 0 Å². The van der Waals surface area contributed by atoms with Crippen LogP contribution in [0.15, 0.2) is 0 Å². The lowest BCUT2D eigenvalue weighted by molar-refractivity contribution is -0.130. The Morgan fingerprint density at radius 3 is 2.89 bits per heavy atom. The van der Waals surface area contributed by atoms with Gasteiger partial charge in [0.05, 0.1) is 11.6 Å². The van der Waals surface area contributed by atoms with Gasteiger partial charge in [-0.05, 0) is 32.6 Å². The number of fused-ring (bicyclic) bond motifs is 1. The molecule has 1 fully saturated rings. The molecule has 3 N–H and O–H groups in total. The summed E-state index contributed by atoms with van der Waals surface area (Å²) in [6.07, 6.45) is 4.69. The summed E-state index contributed by atoms with van der Waals surface area (Å²) < 4.78 is 2.11. The Bertz CT molecular complexity index is 477. The maximum absolute atomic E-state index is 12.1. The number of hydrogen-bond acceptors (Lipinski definition) is 4. The first-order valence-corrected chi connectivity index (χ1v) is 6.62. The fourth-order valence-corrected chi connectivity index (χ4v) is 2.68. The molecule has 2 heterocycles. The van der Waals surface area contributed by atoms with E-state index in [4.69, 9.17) is 5.73 Å². The van der Waals surface area contributed by atoms with Gasteiger partial charge in [-0.2, -0.15) is 0 Å². The van der Waals surface area contributed by atoms with E-state index in [1.54, 1.807) is 0 Å². The molecule has 0 spiro atoms. The summed E-state index contributed by atoms with van der Waals surface area (Å²) >= 11 is 0. The molecule has 1 unspecified atom stereocenters. The standard InChI is InChI=1S/C12H19N5O/c1-8(14-11(18)12(13)5-3-6-12)10-16-15-9-4-2-7-17(9)10/h8H,2-7,13H2,1H3,(H,14,18). The molecule has 1 aromatic rings. The smallest absolute Gasteiger partial charge is 0.240 e. The van der Waals surface area contributed by atoms with Crippen LogP contribution in [-0.2, 0) is 17.8 Å². The number of nitrogens with two attached hydrogens (primary N) is 1. The molecule has 0 aromatic carbocycles. The van der Waals surface area contributed by atoms with Gasteiger partial charge in [0, 0.05) is 13.0 Å². The number of aryl methyl sites for hydroxylation is 1. The molecule has 6 nitrogen and oxygen atoms in total. The maximum atomic E-state index is 12.1. The minimum absolute atomic E-state index is 0.0587. The van der Waals surface area contributed by atoms with Crippen LogP contribution in [0.3, 0.4) is 0 Å². The molecule has 1 aliphatic carbocycles. The van der Waals surface area contributed by atoms with Crippen LogP contribution in [0, 0.1) is 0 Å². The van der Waals surface area contributed by atoms with Crippen molar-refractivity contribution < 1.29 is 4.79 Å². The predicted octanol–water partition coefficient (Wildman–Crippen LogP) is 0.283. The average molecular weight is 249 g/mol. The lowest BCUT2D eigenvalue weighted by atomic mass is 9.77. The van der Waals surface area contributed by atoms with E-state index in [0.29, 0.717) is 0 Å². The summed E-state index contributed by atoms with van der Waals surface area (Å²) in [4.78, 5) is 12.1. The number of rotatable bonds is 3. The number of nitrogens with one attached hydrogen (secondary N) is 1. The molecule has 0 bridgehead atoms. The minimum Gasteiger partial charge on any atom is -0.345 e. The van der Waals surface area contributed by atoms with E-state index in [0.717, 1.165) is 50.3 Å². The highest BCUT2D eigenvalue weighted by atomic mass is 16.2. The van der Waals surface area contributed by atoms with Gasteiger partial charge < -0.3 is 15.6 Å². The molecular weight excluding hydrogens is 230 g/mol. The summed E-state index contributed by atoms with van der Waals surface area (Å²) in [5.74, 6) is 1.81. The van der Waals surface area contributed by atoms with E-state index < -0.39 is 5.54 Å². The quantitative estimate of drug-likeness (QED) is 0.806. The highest BCUT2D eigenvalue weighted by Crippen LogP contribution is 2.30. The molecule has 1 aliphatic heterocycles. The molecule has 1 aromatic heterocycles. The van der Waals surface area contributed by atoms with Crippen molar-refractivity contribution >= 4 is 5.91 Å². The second-order valence-corrected chi connectivity index (χ2v) is 5.43. The number of carbonyl (C=O) groups is 1. The van der Waals surface area contributed by atoms with Crippen molar-refractivity contribution in [1.82, 2.24) is 20.1 Å². The van der Waals surface area contributed by atoms with Gasteiger partial charge >= 0.3 is 0 Å². The van der Waals surface area contributed by atoms with Gasteiger partial charge in [0.15, 0.2) is 5.82 Å². The number of amides is 1. The van der Waals surface area contributed by atoms with Crippen molar-refractivity contribution in [3.63, 3.8) is 0 Å². The van der Waals surface area contributed by atoms with Gasteiger partial charge in [-0.1, -0.05) is 0 Å². The molecule has 1 atom stereocenters. The van der Waals surface area contributed by atoms with Crippen LogP contribution in [0.5, 0.6) is 0 Å². The Morgan fingerprint density at radius 2 is 2.22 bits per heavy atom. The van der Waals surface area contributed by atoms with Gasteiger partial charge in [-0.25, -0.2) is 0 Å². The maximum Gasteiger partial charge on any atom is 0.240 e. The third-order valence-electron chi connectivity index (χ3n) is 4.07. The molecule has 1 amide bonds. The van der Waals surface area contributed by atoms with Crippen LogP contribution in [0.25, 0.3) is 0 Å². The van der Waals surface area contributed by atoms with Crippen molar-refractivity contribution in [1.29, 1.82) is 0 Å². The Balaban J connectivity index is 1.71. The van der Waals surface area contributed by atoms with E-state index in [-0.39, 0.29) is 11.9 Å². The zero-order valence-electron chi connectivity index (χ0n) is 10.6. The van der Waals surface area contributed by atoms with E-state index in [1.165, 1.54) is 0 Å². The average Bonchev–Trinajstić information content (AvgIpc) is 2.86. The van der Waals surface area contributed by atoms with Gasteiger partial charge in [0.1, 0.15) is 5.82 Å². The highest BCUT2D eigenvalue weighted by molar-refractivity contribution is 5.87. The molecule has 2 aliphatic rings. The topological polar surface area (TPSA) is 85.8 Å². The number of aromatic nitrogens is 3. The van der Waals surface area contributed by atoms with Gasteiger partial charge in [-0.3, -0.25) is 4.79 Å². The van der Waals surface area contributed by atoms with Crippen molar-refractivity contribution in [3.05, 3.63) is 11.6 Å². The van der Waals surface area contributed by atoms with Crippen LogP contribution in [0.2, 0.25) is 0 Å². The number of nitrogens with zero attached hydrogens (tertiary/aromatic N) is 3. The summed E-state index contributed by atoms with van der Waals surface area (Å²) in [5, 5.41) is 11.3. The molecule has 6 heteroatoms. The van der Waals surface area contributed by atoms with Crippen molar-refractivity contribution in [2.75, 3.05) is 0 Å². The van der Waals surface area contributed by atoms with Gasteiger partial charge in [-0.15, -0.1) is 10.2 Å². The molecular formula is C12H19N5O. The Labute approximate surface area is 106 Å². The van der Waals surface area contributed by atoms with E-state index in [2.05, 4.69) is 20.1 Å². The monoisotopic (exact) mass is 249 g/mol. The van der Waals surface area contributed by atoms with Crippen LogP contribution in [0.1, 0.15) is 50.3 Å². The normalized spacial score (nSPS) is 22.1. The predicted molar refractivity (Wildman–Crippen MR) is 65.7 cm³/mol. The van der Waals surface area contributed by atoms with E-state index >= 15 is 0 Å². The Hall–Kier alpha value is -1.43. The fourth-order valence-electron chi connectivity index (χ4n) is 2.68. The SMILES string of the molecule is CC(NC(=O)C1(N)CCC1)c1nnc2n1CCC2. The summed E-state index contributed by atoms with van der Waals surface area (Å²) in [5.41, 5.74) is 5.36. The van der Waals surface area contributed by atoms with Gasteiger partial charge in [0.2, 0.25) is 5.91 Å². The van der Waals surface area contributed by atoms with Crippen LogP contribution >= 0.6 is 0 Å². The third-order valence-corrected chi connectivity index (χ3v) is 4.07. The van der Waals surface area contributed by atoms with Gasteiger partial charge in [0.25, 0.3) is 0 Å². The molecule has 98 valence electrons. The lowest BCUT2D eigenvalue weighted by Crippen LogP contribution is -2.58. The minimum atomic E-state index is -0.651. The third kappa shape index (κ3) is 1.71. The van der Waals surface area contributed by atoms with Crippen LogP contribution in [0.4, 0.5) is 0 Å². The molecule has 1 saturated carbocycles. The molecule has 3 rings (SSSR count).